The van der Waals surface area contributed by atoms with E-state index in [0.29, 0.717) is 43.2 Å². The summed E-state index contributed by atoms with van der Waals surface area (Å²) in [6, 6.07) is 14.8. The monoisotopic (exact) mass is 382 g/mol. The van der Waals surface area contributed by atoms with Crippen LogP contribution in [0.15, 0.2) is 48.5 Å². The van der Waals surface area contributed by atoms with Gasteiger partial charge in [-0.2, -0.15) is 0 Å². The van der Waals surface area contributed by atoms with Gasteiger partial charge in [-0.1, -0.05) is 29.8 Å². The largest absolute Gasteiger partial charge is 0.493 e. The summed E-state index contributed by atoms with van der Waals surface area (Å²) in [6.45, 7) is 4.23. The summed E-state index contributed by atoms with van der Waals surface area (Å²) in [6.07, 6.45) is 0.748. The van der Waals surface area contributed by atoms with Crippen molar-refractivity contribution in [3.8, 4) is 11.5 Å². The minimum atomic E-state index is -0.0875. The Balaban J connectivity index is 1.55. The number of carbonyl (C=O) groups excluding carboxylic acids is 2. The van der Waals surface area contributed by atoms with Gasteiger partial charge in [-0.3, -0.25) is 9.59 Å². The highest BCUT2D eigenvalue weighted by atomic mass is 16.5. The lowest BCUT2D eigenvalue weighted by Gasteiger charge is -2.22. The Bertz CT molecular complexity index is 820. The van der Waals surface area contributed by atoms with Gasteiger partial charge in [-0.15, -0.1) is 0 Å². The van der Waals surface area contributed by atoms with E-state index in [1.54, 1.807) is 24.1 Å². The first-order valence-corrected chi connectivity index (χ1v) is 9.48. The molecule has 0 unspecified atom stereocenters. The lowest BCUT2D eigenvalue weighted by molar-refractivity contribution is -0.133. The third kappa shape index (κ3) is 4.82. The number of hydrogen-bond donors (Lipinski definition) is 0. The summed E-state index contributed by atoms with van der Waals surface area (Å²) in [5, 5.41) is 0. The molecule has 0 bridgehead atoms. The third-order valence-corrected chi connectivity index (χ3v) is 4.85. The zero-order chi connectivity index (χ0) is 19.9. The quantitative estimate of drug-likeness (QED) is 0.798. The summed E-state index contributed by atoms with van der Waals surface area (Å²) in [5.41, 5.74) is 1.81. The van der Waals surface area contributed by atoms with E-state index in [1.165, 1.54) is 0 Å². The second-order valence-electron chi connectivity index (χ2n) is 6.83. The number of rotatable bonds is 5. The number of nitrogens with zero attached hydrogens (tertiary/aromatic N) is 2. The molecule has 6 heteroatoms. The van der Waals surface area contributed by atoms with Crippen molar-refractivity contribution < 1.29 is 19.1 Å². The molecule has 148 valence electrons. The molecule has 28 heavy (non-hydrogen) atoms. The van der Waals surface area contributed by atoms with Gasteiger partial charge in [-0.05, 0) is 37.6 Å². The van der Waals surface area contributed by atoms with Gasteiger partial charge in [0, 0.05) is 31.7 Å². The van der Waals surface area contributed by atoms with Gasteiger partial charge in [0.1, 0.15) is 0 Å². The number of methoxy groups -OCH3 is 1. The van der Waals surface area contributed by atoms with E-state index in [2.05, 4.69) is 0 Å². The van der Waals surface area contributed by atoms with Crippen molar-refractivity contribution in [2.45, 2.75) is 13.3 Å². The molecule has 1 aliphatic heterocycles. The molecule has 1 heterocycles. The minimum Gasteiger partial charge on any atom is -0.493 e. The molecule has 1 aliphatic rings. The number of amides is 2. The van der Waals surface area contributed by atoms with Crippen molar-refractivity contribution in [1.29, 1.82) is 0 Å². The average Bonchev–Trinajstić information content (AvgIpc) is 2.98. The summed E-state index contributed by atoms with van der Waals surface area (Å²) >= 11 is 0. The van der Waals surface area contributed by atoms with Gasteiger partial charge in [0.2, 0.25) is 0 Å². The number of hydrogen-bond acceptors (Lipinski definition) is 4. The van der Waals surface area contributed by atoms with Crippen LogP contribution in [-0.2, 0) is 4.79 Å². The fraction of sp³-hybridized carbons (Fsp3) is 0.364. The molecule has 0 aromatic heterocycles. The number of ether oxygens (including phenoxy) is 2. The van der Waals surface area contributed by atoms with E-state index in [1.807, 2.05) is 48.2 Å². The van der Waals surface area contributed by atoms with E-state index in [4.69, 9.17) is 9.47 Å². The Hall–Kier alpha value is -3.02. The molecular weight excluding hydrogens is 356 g/mol. The van der Waals surface area contributed by atoms with Crippen LogP contribution in [0.1, 0.15) is 22.3 Å². The van der Waals surface area contributed by atoms with Crippen LogP contribution in [0.3, 0.4) is 0 Å². The maximum absolute atomic E-state index is 12.7. The highest BCUT2D eigenvalue weighted by Crippen LogP contribution is 2.25. The van der Waals surface area contributed by atoms with E-state index < -0.39 is 0 Å². The van der Waals surface area contributed by atoms with Gasteiger partial charge in [-0.25, -0.2) is 0 Å². The van der Waals surface area contributed by atoms with Gasteiger partial charge >= 0.3 is 0 Å². The smallest absolute Gasteiger partial charge is 0.260 e. The van der Waals surface area contributed by atoms with E-state index in [0.717, 1.165) is 12.0 Å². The predicted molar refractivity (Wildman–Crippen MR) is 107 cm³/mol. The Morgan fingerprint density at radius 1 is 0.893 bits per heavy atom. The van der Waals surface area contributed by atoms with Crippen molar-refractivity contribution in [2.75, 3.05) is 39.9 Å². The maximum atomic E-state index is 12.7. The van der Waals surface area contributed by atoms with Crippen molar-refractivity contribution in [3.05, 3.63) is 59.7 Å². The second-order valence-corrected chi connectivity index (χ2v) is 6.83. The Labute approximate surface area is 165 Å². The van der Waals surface area contributed by atoms with E-state index in [9.17, 15) is 9.59 Å². The van der Waals surface area contributed by atoms with Crippen LogP contribution in [0.4, 0.5) is 0 Å². The lowest BCUT2D eigenvalue weighted by atomic mass is 10.1. The molecule has 0 spiro atoms. The highest BCUT2D eigenvalue weighted by molar-refractivity contribution is 5.94. The topological polar surface area (TPSA) is 59.1 Å². The van der Waals surface area contributed by atoms with Gasteiger partial charge in [0.05, 0.1) is 7.11 Å². The Morgan fingerprint density at radius 2 is 1.54 bits per heavy atom. The van der Waals surface area contributed by atoms with Crippen LogP contribution in [0.25, 0.3) is 0 Å². The number of aryl methyl sites for hydroxylation is 1. The minimum absolute atomic E-state index is 0.0135. The molecule has 0 atom stereocenters. The molecule has 0 radical (unpaired) electrons. The molecule has 1 fully saturated rings. The molecule has 0 saturated carbocycles. The summed E-state index contributed by atoms with van der Waals surface area (Å²) < 4.78 is 10.9. The van der Waals surface area contributed by atoms with Gasteiger partial charge in [0.15, 0.2) is 18.1 Å². The molecule has 2 aromatic carbocycles. The standard InChI is InChI=1S/C22H26N2O4/c1-17-8-10-18(11-9-17)22(26)24-13-5-12-23(14-15-24)21(25)16-28-20-7-4-3-6-19(20)27-2/h3-4,6-11H,5,12-16H2,1-2H3. The fourth-order valence-corrected chi connectivity index (χ4v) is 3.22. The molecular formula is C22H26N2O4. The van der Waals surface area contributed by atoms with Crippen molar-refractivity contribution in [2.24, 2.45) is 0 Å². The summed E-state index contributed by atoms with van der Waals surface area (Å²) in [4.78, 5) is 28.9. The van der Waals surface area contributed by atoms with Gasteiger partial charge in [0.25, 0.3) is 11.8 Å². The first kappa shape index (κ1) is 19.7. The molecule has 2 aromatic rings. The van der Waals surface area contributed by atoms with Crippen LogP contribution in [0.5, 0.6) is 11.5 Å². The van der Waals surface area contributed by atoms with Crippen LogP contribution in [-0.4, -0.2) is 61.5 Å². The van der Waals surface area contributed by atoms with Crippen molar-refractivity contribution in [3.63, 3.8) is 0 Å². The zero-order valence-corrected chi connectivity index (χ0v) is 16.4. The lowest BCUT2D eigenvalue weighted by Crippen LogP contribution is -2.39. The molecule has 0 N–H and O–H groups in total. The van der Waals surface area contributed by atoms with Crippen LogP contribution >= 0.6 is 0 Å². The highest BCUT2D eigenvalue weighted by Gasteiger charge is 2.23. The van der Waals surface area contributed by atoms with E-state index in [-0.39, 0.29) is 18.4 Å². The maximum Gasteiger partial charge on any atom is 0.260 e. The number of benzene rings is 2. The predicted octanol–water partition coefficient (Wildman–Crippen LogP) is 2.76. The van der Waals surface area contributed by atoms with Crippen LogP contribution in [0.2, 0.25) is 0 Å². The third-order valence-electron chi connectivity index (χ3n) is 4.85. The zero-order valence-electron chi connectivity index (χ0n) is 16.4. The molecule has 0 aliphatic carbocycles. The van der Waals surface area contributed by atoms with E-state index >= 15 is 0 Å². The Morgan fingerprint density at radius 3 is 2.25 bits per heavy atom. The normalized spacial score (nSPS) is 14.4. The second kappa shape index (κ2) is 9.26. The molecule has 3 rings (SSSR count). The molecule has 6 nitrogen and oxygen atoms in total. The van der Waals surface area contributed by atoms with Crippen molar-refractivity contribution >= 4 is 11.8 Å². The first-order valence-electron chi connectivity index (χ1n) is 9.48. The number of para-hydroxylation sites is 2. The number of carbonyl (C=O) groups is 2. The average molecular weight is 382 g/mol. The first-order chi connectivity index (χ1) is 13.6. The van der Waals surface area contributed by atoms with Gasteiger partial charge < -0.3 is 19.3 Å². The SMILES string of the molecule is COc1ccccc1OCC(=O)N1CCCN(C(=O)c2ccc(C)cc2)CC1. The summed E-state index contributed by atoms with van der Waals surface area (Å²) in [7, 11) is 1.57. The van der Waals surface area contributed by atoms with Crippen LogP contribution < -0.4 is 9.47 Å². The van der Waals surface area contributed by atoms with Crippen LogP contribution in [0, 0.1) is 6.92 Å². The molecule has 2 amide bonds. The Kier molecular flexibility index (Phi) is 6.53. The fourth-order valence-electron chi connectivity index (χ4n) is 3.22. The van der Waals surface area contributed by atoms with Crippen molar-refractivity contribution in [1.82, 2.24) is 9.80 Å². The summed E-state index contributed by atoms with van der Waals surface area (Å²) in [5.74, 6) is 1.07. The molecule has 1 saturated heterocycles.